The molecule has 0 amide bonds. The molecule has 1 fully saturated rings. The molecule has 0 aromatic carbocycles. The topological polar surface area (TPSA) is 45.2 Å². The molecular weight excluding hydrogens is 250 g/mol. The Balaban J connectivity index is 1.68. The molecule has 0 spiro atoms. The van der Waals surface area contributed by atoms with E-state index in [1.807, 2.05) is 25.3 Å². The van der Waals surface area contributed by atoms with Crippen LogP contribution in [-0.2, 0) is 0 Å². The van der Waals surface area contributed by atoms with E-state index in [0.29, 0.717) is 0 Å². The SMILES string of the molecule is Cc1cc(N2CCN(c3ccccn3)CC2)nnc1C. The minimum Gasteiger partial charge on any atom is -0.353 e. The number of aryl methyl sites for hydroxylation is 2. The van der Waals surface area contributed by atoms with E-state index in [2.05, 4.69) is 44.0 Å². The Labute approximate surface area is 119 Å². The molecule has 0 aliphatic carbocycles. The van der Waals surface area contributed by atoms with E-state index in [4.69, 9.17) is 0 Å². The van der Waals surface area contributed by atoms with Crippen molar-refractivity contribution in [2.45, 2.75) is 13.8 Å². The van der Waals surface area contributed by atoms with Gasteiger partial charge in [-0.05, 0) is 37.6 Å². The largest absolute Gasteiger partial charge is 0.353 e. The Bertz CT molecular complexity index is 576. The minimum atomic E-state index is 0.952. The van der Waals surface area contributed by atoms with Crippen LogP contribution in [0.3, 0.4) is 0 Å². The van der Waals surface area contributed by atoms with Crippen molar-refractivity contribution in [3.05, 3.63) is 41.7 Å². The first-order valence-corrected chi connectivity index (χ1v) is 6.96. The van der Waals surface area contributed by atoms with Crippen molar-refractivity contribution in [3.63, 3.8) is 0 Å². The van der Waals surface area contributed by atoms with Gasteiger partial charge in [-0.2, -0.15) is 5.10 Å². The number of rotatable bonds is 2. The lowest BCUT2D eigenvalue weighted by Gasteiger charge is -2.35. The van der Waals surface area contributed by atoms with Crippen LogP contribution in [0.4, 0.5) is 11.6 Å². The molecule has 2 aromatic heterocycles. The van der Waals surface area contributed by atoms with Crippen molar-refractivity contribution in [1.29, 1.82) is 0 Å². The third kappa shape index (κ3) is 2.57. The summed E-state index contributed by atoms with van der Waals surface area (Å²) in [7, 11) is 0. The fraction of sp³-hybridized carbons (Fsp3) is 0.400. The van der Waals surface area contributed by atoms with Gasteiger partial charge in [-0.15, -0.1) is 5.10 Å². The molecule has 20 heavy (non-hydrogen) atoms. The van der Waals surface area contributed by atoms with Crippen LogP contribution in [0.2, 0.25) is 0 Å². The Morgan fingerprint density at radius 2 is 1.60 bits per heavy atom. The highest BCUT2D eigenvalue weighted by molar-refractivity contribution is 5.45. The quantitative estimate of drug-likeness (QED) is 0.832. The molecule has 2 aromatic rings. The summed E-state index contributed by atoms with van der Waals surface area (Å²) in [5.41, 5.74) is 2.20. The van der Waals surface area contributed by atoms with Crippen LogP contribution < -0.4 is 9.80 Å². The highest BCUT2D eigenvalue weighted by atomic mass is 15.3. The first kappa shape index (κ1) is 12.8. The summed E-state index contributed by atoms with van der Waals surface area (Å²) in [6.45, 7) is 7.90. The first-order valence-electron chi connectivity index (χ1n) is 6.96. The second-order valence-corrected chi connectivity index (χ2v) is 5.13. The highest BCUT2D eigenvalue weighted by Gasteiger charge is 2.19. The standard InChI is InChI=1S/C15H19N5/c1-12-11-15(18-17-13(12)2)20-9-7-19(8-10-20)14-5-3-4-6-16-14/h3-6,11H,7-10H2,1-2H3. The van der Waals surface area contributed by atoms with Gasteiger partial charge in [0, 0.05) is 32.4 Å². The predicted octanol–water partition coefficient (Wildman–Crippen LogP) is 1.82. The molecule has 1 aliphatic rings. The maximum absolute atomic E-state index is 4.41. The van der Waals surface area contributed by atoms with Gasteiger partial charge in [-0.3, -0.25) is 0 Å². The van der Waals surface area contributed by atoms with Crippen molar-refractivity contribution in [2.75, 3.05) is 36.0 Å². The average Bonchev–Trinajstić information content (AvgIpc) is 2.51. The maximum atomic E-state index is 4.41. The van der Waals surface area contributed by atoms with Crippen LogP contribution >= 0.6 is 0 Å². The molecule has 0 saturated carbocycles. The van der Waals surface area contributed by atoms with Crippen LogP contribution in [0.1, 0.15) is 11.3 Å². The second kappa shape index (κ2) is 5.45. The number of hydrogen-bond acceptors (Lipinski definition) is 5. The minimum absolute atomic E-state index is 0.952. The molecule has 0 bridgehead atoms. The molecule has 104 valence electrons. The summed E-state index contributed by atoms with van der Waals surface area (Å²) in [6, 6.07) is 8.16. The van der Waals surface area contributed by atoms with Crippen molar-refractivity contribution in [1.82, 2.24) is 15.2 Å². The summed E-state index contributed by atoms with van der Waals surface area (Å²) in [5, 5.41) is 8.52. The van der Waals surface area contributed by atoms with E-state index in [1.54, 1.807) is 0 Å². The van der Waals surface area contributed by atoms with Crippen LogP contribution in [0.25, 0.3) is 0 Å². The van der Waals surface area contributed by atoms with Gasteiger partial charge in [0.25, 0.3) is 0 Å². The van der Waals surface area contributed by atoms with Crippen molar-refractivity contribution in [3.8, 4) is 0 Å². The van der Waals surface area contributed by atoms with Crippen molar-refractivity contribution in [2.24, 2.45) is 0 Å². The number of hydrogen-bond donors (Lipinski definition) is 0. The zero-order valence-electron chi connectivity index (χ0n) is 12.0. The van der Waals surface area contributed by atoms with Crippen LogP contribution in [0.5, 0.6) is 0 Å². The van der Waals surface area contributed by atoms with E-state index < -0.39 is 0 Å². The summed E-state index contributed by atoms with van der Waals surface area (Å²) < 4.78 is 0. The number of anilines is 2. The van der Waals surface area contributed by atoms with Gasteiger partial charge < -0.3 is 9.80 Å². The summed E-state index contributed by atoms with van der Waals surface area (Å²) in [4.78, 5) is 9.01. The van der Waals surface area contributed by atoms with Gasteiger partial charge >= 0.3 is 0 Å². The van der Waals surface area contributed by atoms with Crippen molar-refractivity contribution >= 4 is 11.6 Å². The number of aromatic nitrogens is 3. The zero-order chi connectivity index (χ0) is 13.9. The summed E-state index contributed by atoms with van der Waals surface area (Å²) >= 11 is 0. The average molecular weight is 269 g/mol. The number of pyridine rings is 1. The summed E-state index contributed by atoms with van der Waals surface area (Å²) in [6.07, 6.45) is 1.84. The van der Waals surface area contributed by atoms with Gasteiger partial charge in [0.1, 0.15) is 5.82 Å². The zero-order valence-corrected chi connectivity index (χ0v) is 12.0. The fourth-order valence-corrected chi connectivity index (χ4v) is 2.39. The van der Waals surface area contributed by atoms with Crippen LogP contribution in [-0.4, -0.2) is 41.4 Å². The van der Waals surface area contributed by atoms with E-state index in [-0.39, 0.29) is 0 Å². The molecule has 5 nitrogen and oxygen atoms in total. The smallest absolute Gasteiger partial charge is 0.151 e. The van der Waals surface area contributed by atoms with Gasteiger partial charge in [0.2, 0.25) is 0 Å². The molecule has 0 atom stereocenters. The van der Waals surface area contributed by atoms with Gasteiger partial charge in [0.05, 0.1) is 5.69 Å². The molecule has 0 unspecified atom stereocenters. The lowest BCUT2D eigenvalue weighted by molar-refractivity contribution is 0.637. The molecule has 1 saturated heterocycles. The van der Waals surface area contributed by atoms with E-state index in [0.717, 1.165) is 43.5 Å². The van der Waals surface area contributed by atoms with Crippen molar-refractivity contribution < 1.29 is 0 Å². The third-order valence-electron chi connectivity index (χ3n) is 3.80. The van der Waals surface area contributed by atoms with Crippen LogP contribution in [0, 0.1) is 13.8 Å². The molecule has 0 radical (unpaired) electrons. The van der Waals surface area contributed by atoms with E-state index in [1.165, 1.54) is 5.56 Å². The fourth-order valence-electron chi connectivity index (χ4n) is 2.39. The van der Waals surface area contributed by atoms with Gasteiger partial charge in [0.15, 0.2) is 5.82 Å². The molecular formula is C15H19N5. The second-order valence-electron chi connectivity index (χ2n) is 5.13. The van der Waals surface area contributed by atoms with E-state index >= 15 is 0 Å². The lowest BCUT2D eigenvalue weighted by atomic mass is 10.2. The van der Waals surface area contributed by atoms with Gasteiger partial charge in [-0.1, -0.05) is 6.07 Å². The number of nitrogens with zero attached hydrogens (tertiary/aromatic N) is 5. The molecule has 0 N–H and O–H groups in total. The lowest BCUT2D eigenvalue weighted by Crippen LogP contribution is -2.47. The molecule has 1 aliphatic heterocycles. The predicted molar refractivity (Wildman–Crippen MR) is 80.2 cm³/mol. The Morgan fingerprint density at radius 3 is 2.20 bits per heavy atom. The third-order valence-corrected chi connectivity index (χ3v) is 3.80. The Kier molecular flexibility index (Phi) is 3.50. The monoisotopic (exact) mass is 269 g/mol. The van der Waals surface area contributed by atoms with Crippen LogP contribution in [0.15, 0.2) is 30.5 Å². The molecule has 3 rings (SSSR count). The number of piperazine rings is 1. The summed E-state index contributed by atoms with van der Waals surface area (Å²) in [5.74, 6) is 2.03. The highest BCUT2D eigenvalue weighted by Crippen LogP contribution is 2.18. The van der Waals surface area contributed by atoms with Gasteiger partial charge in [-0.25, -0.2) is 4.98 Å². The molecule has 5 heteroatoms. The maximum Gasteiger partial charge on any atom is 0.151 e. The molecule has 3 heterocycles. The Morgan fingerprint density at radius 1 is 0.900 bits per heavy atom. The first-order chi connectivity index (χ1) is 9.74. The van der Waals surface area contributed by atoms with E-state index in [9.17, 15) is 0 Å². The Hall–Kier alpha value is -2.17. The normalized spacial score (nSPS) is 15.5.